The maximum Gasteiger partial charge on any atom is 0.210 e. The minimum Gasteiger partial charge on any atom is -0.335 e. The fourth-order valence-corrected chi connectivity index (χ4v) is 2.78. The first-order valence-electron chi connectivity index (χ1n) is 6.84. The second kappa shape index (κ2) is 6.47. The molecule has 0 amide bonds. The zero-order valence-corrected chi connectivity index (χ0v) is 14.0. The van der Waals surface area contributed by atoms with Gasteiger partial charge in [0.25, 0.3) is 0 Å². The zero-order valence-electron chi connectivity index (χ0n) is 12.5. The van der Waals surface area contributed by atoms with E-state index >= 15 is 0 Å². The van der Waals surface area contributed by atoms with E-state index in [0.717, 1.165) is 22.6 Å². The van der Waals surface area contributed by atoms with Crippen LogP contribution in [0.3, 0.4) is 0 Å². The third-order valence-electron chi connectivity index (χ3n) is 3.07. The van der Waals surface area contributed by atoms with E-state index < -0.39 is 0 Å². The van der Waals surface area contributed by atoms with Gasteiger partial charge in [0.2, 0.25) is 11.0 Å². The van der Waals surface area contributed by atoms with Gasteiger partial charge in [-0.25, -0.2) is 4.68 Å². The molecule has 3 aromatic rings. The Kier molecular flexibility index (Phi) is 4.40. The van der Waals surface area contributed by atoms with Gasteiger partial charge in [-0.3, -0.25) is 5.10 Å². The highest BCUT2D eigenvalue weighted by atomic mass is 35.5. The number of hydrogen-bond acceptors (Lipinski definition) is 5. The Hall–Kier alpha value is -2.25. The Morgan fingerprint density at radius 2 is 2.09 bits per heavy atom. The molecule has 2 aromatic heterocycles. The van der Waals surface area contributed by atoms with Crippen molar-refractivity contribution in [3.8, 4) is 22.8 Å². The summed E-state index contributed by atoms with van der Waals surface area (Å²) in [4.78, 5) is 0. The Bertz CT molecular complexity index is 836. The number of H-pyrrole nitrogens is 1. The van der Waals surface area contributed by atoms with Crippen LogP contribution >= 0.6 is 23.4 Å². The zero-order chi connectivity index (χ0) is 16.4. The van der Waals surface area contributed by atoms with Crippen LogP contribution in [0.4, 0.5) is 0 Å². The smallest absolute Gasteiger partial charge is 0.210 e. The molecule has 0 saturated carbocycles. The molecular formula is C15H15ClN6S. The lowest BCUT2D eigenvalue weighted by molar-refractivity contribution is 0.848. The first-order chi connectivity index (χ1) is 11.0. The fraction of sp³-hybridized carbons (Fsp3) is 0.133. The van der Waals surface area contributed by atoms with Gasteiger partial charge in [0.15, 0.2) is 0 Å². The number of nitrogen functional groups attached to an aromatic ring is 1. The van der Waals surface area contributed by atoms with Crippen molar-refractivity contribution in [3.05, 3.63) is 47.5 Å². The molecule has 0 atom stereocenters. The number of nitrogens with two attached hydrogens (primary N) is 1. The molecule has 0 aliphatic heterocycles. The fourth-order valence-electron chi connectivity index (χ4n) is 1.95. The van der Waals surface area contributed by atoms with Crippen molar-refractivity contribution in [2.75, 3.05) is 11.6 Å². The molecule has 0 aliphatic carbocycles. The number of aromatic nitrogens is 5. The van der Waals surface area contributed by atoms with Crippen molar-refractivity contribution in [1.82, 2.24) is 25.1 Å². The van der Waals surface area contributed by atoms with E-state index in [0.29, 0.717) is 21.7 Å². The summed E-state index contributed by atoms with van der Waals surface area (Å²) < 4.78 is 1.45. The lowest BCUT2D eigenvalue weighted by Gasteiger charge is -2.01. The average Bonchev–Trinajstić information content (AvgIpc) is 3.13. The molecule has 0 spiro atoms. The molecule has 23 heavy (non-hydrogen) atoms. The van der Waals surface area contributed by atoms with Gasteiger partial charge < -0.3 is 5.84 Å². The molecule has 3 N–H and O–H groups in total. The highest BCUT2D eigenvalue weighted by molar-refractivity contribution is 7.99. The molecule has 2 heterocycles. The molecule has 0 unspecified atom stereocenters. The first-order valence-corrected chi connectivity index (χ1v) is 8.20. The Morgan fingerprint density at radius 1 is 1.35 bits per heavy atom. The van der Waals surface area contributed by atoms with E-state index in [-0.39, 0.29) is 0 Å². The van der Waals surface area contributed by atoms with Crippen molar-refractivity contribution in [3.63, 3.8) is 0 Å². The minimum atomic E-state index is 0.530. The van der Waals surface area contributed by atoms with Crippen molar-refractivity contribution < 1.29 is 0 Å². The standard InChI is InChI=1S/C15H15ClN6S/c1-9(2)8-23-15-21-20-14(22(15)17)13-7-12(18-19-13)10-3-5-11(16)6-4-10/h3-7H,1,8,17H2,2H3,(H,18,19). The Balaban J connectivity index is 1.86. The Labute approximate surface area is 142 Å². The number of rotatable bonds is 5. The van der Waals surface area contributed by atoms with Gasteiger partial charge in [-0.1, -0.05) is 47.6 Å². The molecular weight excluding hydrogens is 332 g/mol. The molecule has 1 aromatic carbocycles. The lowest BCUT2D eigenvalue weighted by Crippen LogP contribution is -2.11. The summed E-state index contributed by atoms with van der Waals surface area (Å²) in [5, 5.41) is 16.8. The molecule has 0 saturated heterocycles. The molecule has 3 rings (SSSR count). The summed E-state index contributed by atoms with van der Waals surface area (Å²) in [6.07, 6.45) is 0. The first kappa shape index (κ1) is 15.6. The van der Waals surface area contributed by atoms with Gasteiger partial charge in [-0.2, -0.15) is 5.10 Å². The van der Waals surface area contributed by atoms with Crippen molar-refractivity contribution in [1.29, 1.82) is 0 Å². The van der Waals surface area contributed by atoms with Gasteiger partial charge >= 0.3 is 0 Å². The van der Waals surface area contributed by atoms with Crippen molar-refractivity contribution in [2.24, 2.45) is 0 Å². The largest absolute Gasteiger partial charge is 0.335 e. The summed E-state index contributed by atoms with van der Waals surface area (Å²) in [7, 11) is 0. The molecule has 0 bridgehead atoms. The molecule has 0 aliphatic rings. The molecule has 0 fully saturated rings. The van der Waals surface area contributed by atoms with Gasteiger partial charge in [-0.15, -0.1) is 10.2 Å². The van der Waals surface area contributed by atoms with Crippen molar-refractivity contribution in [2.45, 2.75) is 12.1 Å². The topological polar surface area (TPSA) is 85.4 Å². The van der Waals surface area contributed by atoms with E-state index in [1.807, 2.05) is 37.3 Å². The van der Waals surface area contributed by atoms with Gasteiger partial charge in [0.1, 0.15) is 5.69 Å². The number of benzene rings is 1. The average molecular weight is 347 g/mol. The van der Waals surface area contributed by atoms with E-state index in [9.17, 15) is 0 Å². The van der Waals surface area contributed by atoms with Crippen LogP contribution in [0, 0.1) is 0 Å². The third-order valence-corrected chi connectivity index (χ3v) is 4.50. The van der Waals surface area contributed by atoms with Crippen LogP contribution in [0.15, 0.2) is 47.6 Å². The predicted octanol–water partition coefficient (Wildman–Crippen LogP) is 3.37. The summed E-state index contributed by atoms with van der Waals surface area (Å²) in [6, 6.07) is 9.34. The predicted molar refractivity (Wildman–Crippen MR) is 93.7 cm³/mol. The number of hydrogen-bond donors (Lipinski definition) is 2. The van der Waals surface area contributed by atoms with Crippen LogP contribution < -0.4 is 5.84 Å². The van der Waals surface area contributed by atoms with Crippen LogP contribution in [0.25, 0.3) is 22.8 Å². The number of nitrogens with zero attached hydrogens (tertiary/aromatic N) is 4. The summed E-state index contributed by atoms with van der Waals surface area (Å²) in [6.45, 7) is 5.82. The Morgan fingerprint density at radius 3 is 2.78 bits per heavy atom. The van der Waals surface area contributed by atoms with Crippen LogP contribution in [0.5, 0.6) is 0 Å². The third kappa shape index (κ3) is 3.40. The normalized spacial score (nSPS) is 10.9. The van der Waals surface area contributed by atoms with Gasteiger partial charge in [-0.05, 0) is 25.1 Å². The van der Waals surface area contributed by atoms with Crippen LogP contribution in [0.1, 0.15) is 6.92 Å². The minimum absolute atomic E-state index is 0.530. The van der Waals surface area contributed by atoms with E-state index in [1.54, 1.807) is 0 Å². The number of halogens is 1. The van der Waals surface area contributed by atoms with Crippen LogP contribution in [-0.4, -0.2) is 30.8 Å². The number of nitrogens with one attached hydrogen (secondary N) is 1. The highest BCUT2D eigenvalue weighted by Crippen LogP contribution is 2.25. The maximum absolute atomic E-state index is 6.07. The van der Waals surface area contributed by atoms with E-state index in [4.69, 9.17) is 17.4 Å². The molecule has 8 heteroatoms. The van der Waals surface area contributed by atoms with Crippen LogP contribution in [-0.2, 0) is 0 Å². The van der Waals surface area contributed by atoms with E-state index in [1.165, 1.54) is 16.4 Å². The second-order valence-corrected chi connectivity index (χ2v) is 6.47. The number of thioether (sulfide) groups is 1. The van der Waals surface area contributed by atoms with Gasteiger partial charge in [0, 0.05) is 16.3 Å². The van der Waals surface area contributed by atoms with Gasteiger partial charge in [0.05, 0.1) is 5.69 Å². The molecule has 6 nitrogen and oxygen atoms in total. The quantitative estimate of drug-likeness (QED) is 0.420. The summed E-state index contributed by atoms with van der Waals surface area (Å²) in [5.74, 6) is 7.34. The van der Waals surface area contributed by atoms with E-state index in [2.05, 4.69) is 27.0 Å². The lowest BCUT2D eigenvalue weighted by atomic mass is 10.1. The van der Waals surface area contributed by atoms with Crippen LogP contribution in [0.2, 0.25) is 5.02 Å². The summed E-state index contributed by atoms with van der Waals surface area (Å²) >= 11 is 7.39. The maximum atomic E-state index is 6.07. The van der Waals surface area contributed by atoms with Crippen molar-refractivity contribution >= 4 is 23.4 Å². The number of aromatic amines is 1. The summed E-state index contributed by atoms with van der Waals surface area (Å²) in [5.41, 5.74) is 3.49. The SMILES string of the molecule is C=C(C)CSc1nnc(-c2cc(-c3ccc(Cl)cc3)n[nH]2)n1N. The molecule has 118 valence electrons. The molecule has 0 radical (unpaired) electrons. The monoisotopic (exact) mass is 346 g/mol. The second-order valence-electron chi connectivity index (χ2n) is 5.10. The highest BCUT2D eigenvalue weighted by Gasteiger charge is 2.15.